The number of aromatic nitrogens is 2. The molecule has 0 spiro atoms. The van der Waals surface area contributed by atoms with E-state index in [2.05, 4.69) is 16.9 Å². The van der Waals surface area contributed by atoms with Crippen molar-refractivity contribution in [1.29, 1.82) is 0 Å². The molecule has 1 saturated heterocycles. The van der Waals surface area contributed by atoms with Crippen LogP contribution in [-0.4, -0.2) is 46.2 Å². The van der Waals surface area contributed by atoms with Gasteiger partial charge in [0.25, 0.3) is 0 Å². The van der Waals surface area contributed by atoms with Gasteiger partial charge in [0.2, 0.25) is 5.91 Å². The maximum absolute atomic E-state index is 12.3. The summed E-state index contributed by atoms with van der Waals surface area (Å²) in [4.78, 5) is 22.0. The number of hydrogen-bond acceptors (Lipinski definition) is 4. The Balaban J connectivity index is 1.59. The van der Waals surface area contributed by atoms with Crippen LogP contribution in [0.15, 0.2) is 23.4 Å². The lowest BCUT2D eigenvalue weighted by molar-refractivity contribution is -0.129. The molecule has 124 valence electrons. The van der Waals surface area contributed by atoms with Gasteiger partial charge in [0.1, 0.15) is 5.75 Å². The average Bonchev–Trinajstić information content (AvgIpc) is 2.96. The minimum absolute atomic E-state index is 0.206. The van der Waals surface area contributed by atoms with E-state index in [0.29, 0.717) is 12.4 Å². The Kier molecular flexibility index (Phi) is 5.10. The molecule has 3 rings (SSSR count). The topological polar surface area (TPSA) is 58.2 Å². The lowest BCUT2D eigenvalue weighted by Gasteiger charge is -2.30. The summed E-state index contributed by atoms with van der Waals surface area (Å²) in [6, 6.07) is 5.81. The number of ether oxygens (including phenoxy) is 1. The summed E-state index contributed by atoms with van der Waals surface area (Å²) in [6.07, 6.45) is 2.22. The van der Waals surface area contributed by atoms with Crippen molar-refractivity contribution in [2.24, 2.45) is 5.92 Å². The van der Waals surface area contributed by atoms with E-state index in [1.165, 1.54) is 11.8 Å². The lowest BCUT2D eigenvalue weighted by Crippen LogP contribution is -2.38. The van der Waals surface area contributed by atoms with Crippen LogP contribution in [0.25, 0.3) is 11.0 Å². The van der Waals surface area contributed by atoms with Crippen molar-refractivity contribution in [3.05, 3.63) is 18.2 Å². The Morgan fingerprint density at radius 1 is 1.43 bits per heavy atom. The zero-order chi connectivity index (χ0) is 16.2. The highest BCUT2D eigenvalue weighted by molar-refractivity contribution is 7.99. The molecule has 1 fully saturated rings. The summed E-state index contributed by atoms with van der Waals surface area (Å²) in [5.74, 6) is 2.21. The number of hydrogen-bond donors (Lipinski definition) is 1. The summed E-state index contributed by atoms with van der Waals surface area (Å²) >= 11 is 1.47. The Morgan fingerprint density at radius 3 is 2.96 bits per heavy atom. The number of aromatic amines is 1. The summed E-state index contributed by atoms with van der Waals surface area (Å²) < 4.78 is 5.49. The van der Waals surface area contributed by atoms with Crippen LogP contribution in [0.2, 0.25) is 0 Å². The van der Waals surface area contributed by atoms with E-state index in [-0.39, 0.29) is 5.91 Å². The van der Waals surface area contributed by atoms with E-state index in [0.717, 1.165) is 53.8 Å². The van der Waals surface area contributed by atoms with Crippen LogP contribution in [0.1, 0.15) is 26.7 Å². The molecule has 1 amide bonds. The van der Waals surface area contributed by atoms with Gasteiger partial charge in [0.05, 0.1) is 23.4 Å². The van der Waals surface area contributed by atoms with Gasteiger partial charge in [-0.25, -0.2) is 4.98 Å². The number of carbonyl (C=O) groups excluding carboxylic acids is 1. The normalized spacial score (nSPS) is 16.0. The Bertz CT molecular complexity index is 678. The smallest absolute Gasteiger partial charge is 0.233 e. The predicted molar refractivity (Wildman–Crippen MR) is 93.0 cm³/mol. The highest BCUT2D eigenvalue weighted by Crippen LogP contribution is 2.24. The number of benzene rings is 1. The van der Waals surface area contributed by atoms with Crippen LogP contribution in [0.3, 0.4) is 0 Å². The van der Waals surface area contributed by atoms with Crippen molar-refractivity contribution < 1.29 is 9.53 Å². The van der Waals surface area contributed by atoms with E-state index in [9.17, 15) is 4.79 Å². The van der Waals surface area contributed by atoms with Crippen LogP contribution in [0, 0.1) is 5.92 Å². The van der Waals surface area contributed by atoms with Gasteiger partial charge in [-0.1, -0.05) is 18.7 Å². The van der Waals surface area contributed by atoms with Gasteiger partial charge in [-0.05, 0) is 37.8 Å². The van der Waals surface area contributed by atoms with Crippen LogP contribution in [-0.2, 0) is 4.79 Å². The van der Waals surface area contributed by atoms with Gasteiger partial charge in [0.15, 0.2) is 5.16 Å². The molecule has 0 saturated carbocycles. The number of rotatable bonds is 5. The highest BCUT2D eigenvalue weighted by Gasteiger charge is 2.20. The van der Waals surface area contributed by atoms with Gasteiger partial charge in [-0.15, -0.1) is 0 Å². The second-order valence-electron chi connectivity index (χ2n) is 6.01. The number of piperidine rings is 1. The number of carbonyl (C=O) groups is 1. The van der Waals surface area contributed by atoms with Crippen LogP contribution < -0.4 is 4.74 Å². The molecule has 1 aliphatic heterocycles. The highest BCUT2D eigenvalue weighted by atomic mass is 32.2. The zero-order valence-corrected chi connectivity index (χ0v) is 14.5. The number of nitrogens with zero attached hydrogens (tertiary/aromatic N) is 2. The lowest BCUT2D eigenvalue weighted by atomic mass is 9.99. The van der Waals surface area contributed by atoms with Crippen LogP contribution in [0.5, 0.6) is 5.75 Å². The Morgan fingerprint density at radius 2 is 2.22 bits per heavy atom. The fraction of sp³-hybridized carbons (Fsp3) is 0.529. The third-order valence-corrected chi connectivity index (χ3v) is 5.07. The van der Waals surface area contributed by atoms with Crippen molar-refractivity contribution >= 4 is 28.7 Å². The quantitative estimate of drug-likeness (QED) is 0.853. The fourth-order valence-corrected chi connectivity index (χ4v) is 3.56. The number of amides is 1. The number of thioether (sulfide) groups is 1. The molecule has 23 heavy (non-hydrogen) atoms. The van der Waals surface area contributed by atoms with Crippen molar-refractivity contribution in [3.63, 3.8) is 0 Å². The molecular formula is C17H23N3O2S. The maximum atomic E-state index is 12.3. The molecule has 6 heteroatoms. The van der Waals surface area contributed by atoms with Gasteiger partial charge < -0.3 is 14.6 Å². The van der Waals surface area contributed by atoms with E-state index in [4.69, 9.17) is 4.74 Å². The monoisotopic (exact) mass is 333 g/mol. The van der Waals surface area contributed by atoms with E-state index < -0.39 is 0 Å². The first kappa shape index (κ1) is 16.2. The molecule has 0 bridgehead atoms. The molecule has 0 atom stereocenters. The number of H-pyrrole nitrogens is 1. The summed E-state index contributed by atoms with van der Waals surface area (Å²) in [5, 5.41) is 0.785. The Labute approximate surface area is 140 Å². The van der Waals surface area contributed by atoms with E-state index in [1.54, 1.807) is 0 Å². The molecule has 2 heterocycles. The first-order chi connectivity index (χ1) is 11.2. The largest absolute Gasteiger partial charge is 0.494 e. The minimum atomic E-state index is 0.206. The van der Waals surface area contributed by atoms with Crippen molar-refractivity contribution in [2.45, 2.75) is 31.8 Å². The van der Waals surface area contributed by atoms with Gasteiger partial charge in [0, 0.05) is 19.2 Å². The van der Waals surface area contributed by atoms with Crippen molar-refractivity contribution in [2.75, 3.05) is 25.4 Å². The molecule has 0 aliphatic carbocycles. The number of likely N-dealkylation sites (tertiary alicyclic amines) is 1. The van der Waals surface area contributed by atoms with Gasteiger partial charge in [-0.3, -0.25) is 4.79 Å². The zero-order valence-electron chi connectivity index (χ0n) is 13.7. The van der Waals surface area contributed by atoms with E-state index >= 15 is 0 Å². The molecule has 0 radical (unpaired) electrons. The molecule has 0 unspecified atom stereocenters. The predicted octanol–water partition coefficient (Wildman–Crippen LogP) is 3.31. The minimum Gasteiger partial charge on any atom is -0.494 e. The number of imidazole rings is 1. The van der Waals surface area contributed by atoms with Crippen molar-refractivity contribution in [1.82, 2.24) is 14.9 Å². The maximum Gasteiger partial charge on any atom is 0.233 e. The third-order valence-electron chi connectivity index (χ3n) is 4.21. The molecule has 1 aromatic heterocycles. The third kappa shape index (κ3) is 3.99. The van der Waals surface area contributed by atoms with Crippen molar-refractivity contribution in [3.8, 4) is 5.75 Å². The second kappa shape index (κ2) is 7.25. The van der Waals surface area contributed by atoms with E-state index in [1.807, 2.05) is 30.0 Å². The van der Waals surface area contributed by atoms with Gasteiger partial charge in [-0.2, -0.15) is 0 Å². The number of fused-ring (bicyclic) bond motifs is 1. The molecule has 1 aliphatic rings. The molecule has 1 aromatic carbocycles. The fourth-order valence-electron chi connectivity index (χ4n) is 2.77. The average molecular weight is 333 g/mol. The molecule has 2 aromatic rings. The second-order valence-corrected chi connectivity index (χ2v) is 6.97. The summed E-state index contributed by atoms with van der Waals surface area (Å²) in [5.41, 5.74) is 1.84. The first-order valence-electron chi connectivity index (χ1n) is 8.19. The van der Waals surface area contributed by atoms with Crippen LogP contribution >= 0.6 is 11.8 Å². The SMILES string of the molecule is CCOc1ccc2nc(SCC(=O)N3CCC(C)CC3)[nH]c2c1. The molecular weight excluding hydrogens is 310 g/mol. The number of nitrogens with one attached hydrogen (secondary N) is 1. The summed E-state index contributed by atoms with van der Waals surface area (Å²) in [7, 11) is 0. The van der Waals surface area contributed by atoms with Gasteiger partial charge >= 0.3 is 0 Å². The first-order valence-corrected chi connectivity index (χ1v) is 9.17. The Hall–Kier alpha value is -1.69. The summed E-state index contributed by atoms with van der Waals surface area (Å²) in [6.45, 7) is 6.63. The molecule has 1 N–H and O–H groups in total. The van der Waals surface area contributed by atoms with Crippen LogP contribution in [0.4, 0.5) is 0 Å². The standard InChI is InChI=1S/C17H23N3O2S/c1-3-22-13-4-5-14-15(10-13)19-17(18-14)23-11-16(21)20-8-6-12(2)7-9-20/h4-5,10,12H,3,6-9,11H2,1-2H3,(H,18,19). The molecule has 5 nitrogen and oxygen atoms in total.